The van der Waals surface area contributed by atoms with Crippen LogP contribution in [0.5, 0.6) is 0 Å². The topological polar surface area (TPSA) is 26.0 Å². The normalized spacial score (nSPS) is 27.7. The largest absolute Gasteiger partial charge is 0.361 e. The lowest BCUT2D eigenvalue weighted by atomic mass is 10.4. The van der Waals surface area contributed by atoms with Gasteiger partial charge in [-0.1, -0.05) is 5.16 Å². The third kappa shape index (κ3) is 0.796. The zero-order chi connectivity index (χ0) is 11.1. The summed E-state index contributed by atoms with van der Waals surface area (Å²) in [5.74, 6) is -0.691. The Labute approximate surface area is 52.0 Å². The first-order valence-electron chi connectivity index (χ1n) is 5.11. The van der Waals surface area contributed by atoms with Gasteiger partial charge in [0.2, 0.25) is 0 Å². The molecule has 0 saturated heterocycles. The smallest absolute Gasteiger partial charge is 0.133 e. The molecule has 1 aromatic heterocycles. The Balaban J connectivity index is 3.23. The van der Waals surface area contributed by atoms with Gasteiger partial charge >= 0.3 is 0 Å². The van der Waals surface area contributed by atoms with Gasteiger partial charge in [0.25, 0.3) is 0 Å². The molecule has 0 aliphatic carbocycles. The predicted octanol–water partition coefficient (Wildman–Crippen LogP) is 1.29. The molecule has 0 aliphatic heterocycles. The summed E-state index contributed by atoms with van der Waals surface area (Å²) in [6.45, 7) is -5.27. The SMILES string of the molecule is [2H]c1c(C([2H])([2H])[2H])noc1C([2H])([2H])[2H]. The molecular weight excluding hydrogens is 90.1 g/mol. The summed E-state index contributed by atoms with van der Waals surface area (Å²) in [5, 5.41) is 3.07. The Morgan fingerprint density at radius 2 is 3.00 bits per heavy atom. The first kappa shape index (κ1) is 0.966. The molecule has 0 fully saturated rings. The van der Waals surface area contributed by atoms with Gasteiger partial charge in [-0.2, -0.15) is 0 Å². The van der Waals surface area contributed by atoms with Crippen molar-refractivity contribution in [1.29, 1.82) is 0 Å². The van der Waals surface area contributed by atoms with Crippen LogP contribution in [0, 0.1) is 13.7 Å². The van der Waals surface area contributed by atoms with E-state index in [1.54, 1.807) is 0 Å². The van der Waals surface area contributed by atoms with Gasteiger partial charge in [0.1, 0.15) is 5.76 Å². The highest BCUT2D eigenvalue weighted by Crippen LogP contribution is 1.96. The molecule has 0 atom stereocenters. The number of nitrogens with zero attached hydrogens (tertiary/aromatic N) is 1. The van der Waals surface area contributed by atoms with Crippen molar-refractivity contribution in [2.75, 3.05) is 0 Å². The van der Waals surface area contributed by atoms with Gasteiger partial charge in [-0.05, 0) is 13.7 Å². The van der Waals surface area contributed by atoms with Crippen LogP contribution in [-0.4, -0.2) is 5.16 Å². The molecule has 38 valence electrons. The molecule has 1 rings (SSSR count). The van der Waals surface area contributed by atoms with Gasteiger partial charge in [0.15, 0.2) is 0 Å². The van der Waals surface area contributed by atoms with Gasteiger partial charge < -0.3 is 4.52 Å². The van der Waals surface area contributed by atoms with Crippen LogP contribution in [0.3, 0.4) is 0 Å². The van der Waals surface area contributed by atoms with E-state index in [0.29, 0.717) is 0 Å². The highest BCUT2D eigenvalue weighted by molar-refractivity contribution is 4.99. The Morgan fingerprint density at radius 3 is 3.43 bits per heavy atom. The van der Waals surface area contributed by atoms with Gasteiger partial charge in [0, 0.05) is 14.3 Å². The van der Waals surface area contributed by atoms with Crippen LogP contribution < -0.4 is 0 Å². The van der Waals surface area contributed by atoms with Crippen molar-refractivity contribution < 1.29 is 14.1 Å². The van der Waals surface area contributed by atoms with Crippen molar-refractivity contribution in [2.45, 2.75) is 13.7 Å². The Kier molecular flexibility index (Phi) is 0.189. The number of aromatic nitrogens is 1. The van der Waals surface area contributed by atoms with E-state index in [4.69, 9.17) is 9.60 Å². The lowest BCUT2D eigenvalue weighted by molar-refractivity contribution is 0.393. The molecule has 2 nitrogen and oxygen atoms in total. The molecule has 0 saturated carbocycles. The van der Waals surface area contributed by atoms with Crippen molar-refractivity contribution in [1.82, 2.24) is 5.16 Å². The van der Waals surface area contributed by atoms with Crippen molar-refractivity contribution in [3.63, 3.8) is 0 Å². The molecule has 1 aromatic rings. The van der Waals surface area contributed by atoms with E-state index in [0.717, 1.165) is 0 Å². The van der Waals surface area contributed by atoms with E-state index in [9.17, 15) is 0 Å². The zero-order valence-corrected chi connectivity index (χ0v) is 3.36. The second-order valence-corrected chi connectivity index (χ2v) is 0.985. The molecule has 0 amide bonds. The van der Waals surface area contributed by atoms with E-state index in [-0.39, 0.29) is 0 Å². The Bertz CT molecular complexity index is 303. The van der Waals surface area contributed by atoms with Gasteiger partial charge in [-0.15, -0.1) is 0 Å². The molecule has 0 radical (unpaired) electrons. The molecule has 7 heavy (non-hydrogen) atoms. The highest BCUT2D eigenvalue weighted by atomic mass is 16.5. The Hall–Kier alpha value is -0.790. The van der Waals surface area contributed by atoms with Gasteiger partial charge in [-0.25, -0.2) is 0 Å². The summed E-state index contributed by atoms with van der Waals surface area (Å²) in [6.07, 6.45) is 0. The molecule has 1 heterocycles. The number of aryl methyl sites for hydroxylation is 2. The van der Waals surface area contributed by atoms with Crippen molar-refractivity contribution >= 4 is 0 Å². The first-order chi connectivity index (χ1) is 6.14. The lowest BCUT2D eigenvalue weighted by Gasteiger charge is -1.65. The summed E-state index contributed by atoms with van der Waals surface area (Å²) in [7, 11) is 0. The zero-order valence-electron chi connectivity index (χ0n) is 10.4. The quantitative estimate of drug-likeness (QED) is 0.495. The molecule has 0 unspecified atom stereocenters. The fraction of sp³-hybridized carbons (Fsp3) is 0.400. The van der Waals surface area contributed by atoms with Crippen molar-refractivity contribution in [3.8, 4) is 0 Å². The maximum absolute atomic E-state index is 7.26. The van der Waals surface area contributed by atoms with Gasteiger partial charge in [-0.3, -0.25) is 0 Å². The second kappa shape index (κ2) is 1.37. The van der Waals surface area contributed by atoms with Crippen LogP contribution >= 0.6 is 0 Å². The minimum absolute atomic E-state index is 0.622. The first-order valence-corrected chi connectivity index (χ1v) is 1.61. The monoisotopic (exact) mass is 104 g/mol. The molecule has 0 aromatic carbocycles. The fourth-order valence-electron chi connectivity index (χ4n) is 0.244. The van der Waals surface area contributed by atoms with Crippen LogP contribution in [0.15, 0.2) is 10.6 Å². The van der Waals surface area contributed by atoms with Crippen LogP contribution in [0.4, 0.5) is 0 Å². The fourth-order valence-corrected chi connectivity index (χ4v) is 0.244. The minimum atomic E-state index is -2.65. The molecule has 0 spiro atoms. The van der Waals surface area contributed by atoms with E-state index in [2.05, 4.69) is 9.68 Å². The highest BCUT2D eigenvalue weighted by Gasteiger charge is 1.88. The Morgan fingerprint density at radius 1 is 2.00 bits per heavy atom. The number of hydrogen-bond acceptors (Lipinski definition) is 2. The molecule has 0 bridgehead atoms. The number of hydrogen-bond donors (Lipinski definition) is 0. The van der Waals surface area contributed by atoms with Crippen molar-refractivity contribution in [3.05, 3.63) is 17.5 Å². The lowest BCUT2D eigenvalue weighted by Crippen LogP contribution is -1.59. The van der Waals surface area contributed by atoms with Crippen LogP contribution in [0.2, 0.25) is 0 Å². The van der Waals surface area contributed by atoms with Crippen molar-refractivity contribution in [2.24, 2.45) is 0 Å². The summed E-state index contributed by atoms with van der Waals surface area (Å²) in [4.78, 5) is 0. The van der Waals surface area contributed by atoms with E-state index in [1.807, 2.05) is 0 Å². The average molecular weight is 104 g/mol. The third-order valence-corrected chi connectivity index (χ3v) is 0.460. The summed E-state index contributed by atoms with van der Waals surface area (Å²) in [5.41, 5.74) is -0.622. The minimum Gasteiger partial charge on any atom is -0.361 e. The maximum Gasteiger partial charge on any atom is 0.133 e. The van der Waals surface area contributed by atoms with Crippen LogP contribution in [-0.2, 0) is 0 Å². The molecule has 0 N–H and O–H groups in total. The van der Waals surface area contributed by atoms with Crippen LogP contribution in [0.1, 0.15) is 21.0 Å². The standard InChI is InChI=1S/C5H7NO/c1-4-3-5(2)7-6-4/h3H,1-2H3/i1D3,2D3,3D. The van der Waals surface area contributed by atoms with E-state index in [1.165, 1.54) is 0 Å². The molecule has 2 heteroatoms. The molecular formula is C5H7NO. The van der Waals surface area contributed by atoms with E-state index >= 15 is 0 Å². The van der Waals surface area contributed by atoms with E-state index < -0.39 is 31.2 Å². The maximum atomic E-state index is 7.26. The van der Waals surface area contributed by atoms with Crippen LogP contribution in [0.25, 0.3) is 0 Å². The number of rotatable bonds is 0. The summed E-state index contributed by atoms with van der Waals surface area (Å²) >= 11 is 0. The summed E-state index contributed by atoms with van der Waals surface area (Å²) < 4.78 is 53.2. The van der Waals surface area contributed by atoms with Gasteiger partial charge in [0.05, 0.1) is 7.06 Å². The third-order valence-electron chi connectivity index (χ3n) is 0.460. The predicted molar refractivity (Wildman–Crippen MR) is 26.0 cm³/mol. The second-order valence-electron chi connectivity index (χ2n) is 0.985. The average Bonchev–Trinajstić information content (AvgIpc) is 2.26. The summed E-state index contributed by atoms with van der Waals surface area (Å²) in [6, 6.07) is -0.676. The molecule has 0 aliphatic rings.